The quantitative estimate of drug-likeness (QED) is 0.762. The lowest BCUT2D eigenvalue weighted by Gasteiger charge is -2.25. The van der Waals surface area contributed by atoms with Gasteiger partial charge in [-0.2, -0.15) is 0 Å². The molecule has 8 nitrogen and oxygen atoms in total. The van der Waals surface area contributed by atoms with Crippen LogP contribution >= 0.6 is 0 Å². The van der Waals surface area contributed by atoms with Gasteiger partial charge in [-0.1, -0.05) is 13.8 Å². The van der Waals surface area contributed by atoms with Crippen molar-refractivity contribution in [3.63, 3.8) is 0 Å². The zero-order chi connectivity index (χ0) is 19.1. The Labute approximate surface area is 156 Å². The van der Waals surface area contributed by atoms with E-state index in [-0.39, 0.29) is 11.6 Å². The van der Waals surface area contributed by atoms with Gasteiger partial charge in [0.1, 0.15) is 11.6 Å². The molecule has 1 aliphatic heterocycles. The highest BCUT2D eigenvalue weighted by molar-refractivity contribution is 5.99. The maximum absolute atomic E-state index is 12.7. The summed E-state index contributed by atoms with van der Waals surface area (Å²) in [6.07, 6.45) is 1.63. The van der Waals surface area contributed by atoms with Crippen LogP contribution in [0.25, 0.3) is 17.0 Å². The fourth-order valence-corrected chi connectivity index (χ4v) is 3.44. The number of nitrogens with zero attached hydrogens (tertiary/aromatic N) is 5. The van der Waals surface area contributed by atoms with Crippen LogP contribution in [0, 0.1) is 5.92 Å². The van der Waals surface area contributed by atoms with Crippen molar-refractivity contribution in [3.8, 4) is 5.82 Å². The second kappa shape index (κ2) is 6.53. The summed E-state index contributed by atoms with van der Waals surface area (Å²) in [7, 11) is 1.80. The van der Waals surface area contributed by atoms with E-state index in [1.54, 1.807) is 36.3 Å². The predicted octanol–water partition coefficient (Wildman–Crippen LogP) is 1.66. The third-order valence-corrected chi connectivity index (χ3v) is 4.71. The lowest BCUT2D eigenvalue weighted by molar-refractivity contribution is 0.0804. The van der Waals surface area contributed by atoms with Crippen molar-refractivity contribution in [1.82, 2.24) is 24.4 Å². The third-order valence-electron chi connectivity index (χ3n) is 4.71. The minimum Gasteiger partial charge on any atom is -0.354 e. The summed E-state index contributed by atoms with van der Waals surface area (Å²) in [4.78, 5) is 40.7. The molecule has 0 saturated carbocycles. The van der Waals surface area contributed by atoms with Crippen LogP contribution in [-0.4, -0.2) is 57.0 Å². The van der Waals surface area contributed by atoms with Crippen LogP contribution in [-0.2, 0) is 0 Å². The van der Waals surface area contributed by atoms with Crippen molar-refractivity contribution in [1.29, 1.82) is 0 Å². The van der Waals surface area contributed by atoms with Gasteiger partial charge in [0.05, 0.1) is 11.1 Å². The number of carbonyl (C=O) groups excluding carboxylic acids is 1. The fraction of sp³-hybridized carbons (Fsp3) is 0.368. The first-order chi connectivity index (χ1) is 13.0. The molecule has 8 heteroatoms. The van der Waals surface area contributed by atoms with E-state index in [2.05, 4.69) is 28.7 Å². The number of aromatic amines is 1. The van der Waals surface area contributed by atoms with Gasteiger partial charge in [-0.25, -0.2) is 19.3 Å². The molecule has 4 rings (SSSR count). The molecule has 4 heterocycles. The largest absolute Gasteiger partial charge is 0.354 e. The van der Waals surface area contributed by atoms with Crippen LogP contribution in [0.15, 0.2) is 35.3 Å². The van der Waals surface area contributed by atoms with E-state index >= 15 is 0 Å². The van der Waals surface area contributed by atoms with Gasteiger partial charge < -0.3 is 9.80 Å². The summed E-state index contributed by atoms with van der Waals surface area (Å²) in [5.74, 6) is 1.47. The monoisotopic (exact) mass is 366 g/mol. The number of imidazole rings is 1. The van der Waals surface area contributed by atoms with E-state index in [0.717, 1.165) is 6.54 Å². The highest BCUT2D eigenvalue weighted by Crippen LogP contribution is 2.25. The van der Waals surface area contributed by atoms with E-state index < -0.39 is 0 Å². The van der Waals surface area contributed by atoms with Gasteiger partial charge >= 0.3 is 5.69 Å². The van der Waals surface area contributed by atoms with Gasteiger partial charge in [0.2, 0.25) is 0 Å². The summed E-state index contributed by atoms with van der Waals surface area (Å²) in [5, 5.41) is 0. The second-order valence-electron chi connectivity index (χ2n) is 7.24. The highest BCUT2D eigenvalue weighted by Gasteiger charge is 2.27. The molecule has 1 amide bonds. The van der Waals surface area contributed by atoms with Crippen molar-refractivity contribution in [2.45, 2.75) is 13.8 Å². The standard InChI is InChI=1S/C19H22N6O2/c1-12(2)11-24-10-9-23(3)18(26)13-6-7-15(21-17(13)24)25-14-5-4-8-20-16(14)22-19(25)27/h4-8,12H,9-11H2,1-3H3,(H,20,22,27). The van der Waals surface area contributed by atoms with Crippen LogP contribution in [0.4, 0.5) is 5.82 Å². The number of carbonyl (C=O) groups is 1. The summed E-state index contributed by atoms with van der Waals surface area (Å²) in [6.45, 7) is 6.39. The Bertz CT molecular complexity index is 1070. The zero-order valence-electron chi connectivity index (χ0n) is 15.6. The van der Waals surface area contributed by atoms with Crippen molar-refractivity contribution in [3.05, 3.63) is 46.5 Å². The van der Waals surface area contributed by atoms with E-state index in [1.165, 1.54) is 4.57 Å². The molecule has 1 N–H and O–H groups in total. The maximum atomic E-state index is 12.7. The zero-order valence-corrected chi connectivity index (χ0v) is 15.6. The molecule has 0 fully saturated rings. The predicted molar refractivity (Wildman–Crippen MR) is 103 cm³/mol. The van der Waals surface area contributed by atoms with Crippen LogP contribution < -0.4 is 10.6 Å². The molecular formula is C19H22N6O2. The topological polar surface area (TPSA) is 87.1 Å². The van der Waals surface area contributed by atoms with Gasteiger partial charge in [0.25, 0.3) is 5.91 Å². The maximum Gasteiger partial charge on any atom is 0.333 e. The SMILES string of the molecule is CC(C)CN1CCN(C)C(=O)c2ccc(-n3c(=O)[nH]c4ncccc43)nc21. The van der Waals surface area contributed by atoms with E-state index in [1.807, 2.05) is 6.07 Å². The molecule has 0 unspecified atom stereocenters. The Kier molecular flexibility index (Phi) is 4.18. The molecule has 0 saturated heterocycles. The first-order valence-corrected chi connectivity index (χ1v) is 9.03. The molecule has 27 heavy (non-hydrogen) atoms. The van der Waals surface area contributed by atoms with E-state index in [0.29, 0.717) is 47.4 Å². The molecule has 0 spiro atoms. The molecule has 1 aliphatic rings. The van der Waals surface area contributed by atoms with E-state index in [4.69, 9.17) is 4.98 Å². The third kappa shape index (κ3) is 2.97. The van der Waals surface area contributed by atoms with Crippen molar-refractivity contribution < 1.29 is 4.79 Å². The Morgan fingerprint density at radius 2 is 2.00 bits per heavy atom. The Morgan fingerprint density at radius 1 is 1.19 bits per heavy atom. The number of rotatable bonds is 3. The van der Waals surface area contributed by atoms with Crippen LogP contribution in [0.3, 0.4) is 0 Å². The summed E-state index contributed by atoms with van der Waals surface area (Å²) < 4.78 is 1.50. The second-order valence-corrected chi connectivity index (χ2v) is 7.24. The summed E-state index contributed by atoms with van der Waals surface area (Å²) in [6, 6.07) is 7.07. The molecular weight excluding hydrogens is 344 g/mol. The van der Waals surface area contributed by atoms with Gasteiger partial charge in [-0.15, -0.1) is 0 Å². The summed E-state index contributed by atoms with van der Waals surface area (Å²) >= 11 is 0. The van der Waals surface area contributed by atoms with Crippen molar-refractivity contribution in [2.75, 3.05) is 31.6 Å². The average molecular weight is 366 g/mol. The smallest absolute Gasteiger partial charge is 0.333 e. The highest BCUT2D eigenvalue weighted by atomic mass is 16.2. The number of aromatic nitrogens is 4. The number of fused-ring (bicyclic) bond motifs is 2. The number of amides is 1. The van der Waals surface area contributed by atoms with Crippen LogP contribution in [0.1, 0.15) is 24.2 Å². The fourth-order valence-electron chi connectivity index (χ4n) is 3.44. The van der Waals surface area contributed by atoms with Gasteiger partial charge in [-0.3, -0.25) is 9.78 Å². The van der Waals surface area contributed by atoms with Crippen molar-refractivity contribution >= 4 is 22.9 Å². The summed E-state index contributed by atoms with van der Waals surface area (Å²) in [5.41, 5.74) is 1.42. The molecule has 0 bridgehead atoms. The molecule has 0 atom stereocenters. The van der Waals surface area contributed by atoms with E-state index in [9.17, 15) is 9.59 Å². The minimum atomic E-state index is -0.302. The normalized spacial score (nSPS) is 14.7. The Balaban J connectivity index is 1.90. The molecule has 3 aromatic rings. The lowest BCUT2D eigenvalue weighted by atomic mass is 10.1. The Hall–Kier alpha value is -3.16. The molecule has 0 radical (unpaired) electrons. The number of nitrogens with one attached hydrogen (secondary N) is 1. The first kappa shape index (κ1) is 17.3. The minimum absolute atomic E-state index is 0.0525. The number of hydrogen-bond donors (Lipinski definition) is 1. The van der Waals surface area contributed by atoms with Gasteiger partial charge in [0, 0.05) is 32.9 Å². The van der Waals surface area contributed by atoms with Gasteiger partial charge in [-0.05, 0) is 30.2 Å². The number of pyridine rings is 2. The Morgan fingerprint density at radius 3 is 2.78 bits per heavy atom. The molecule has 140 valence electrons. The molecule has 3 aromatic heterocycles. The molecule has 0 aromatic carbocycles. The number of likely N-dealkylation sites (N-methyl/N-ethyl adjacent to an activating group) is 1. The van der Waals surface area contributed by atoms with Crippen LogP contribution in [0.2, 0.25) is 0 Å². The van der Waals surface area contributed by atoms with Gasteiger partial charge in [0.15, 0.2) is 5.65 Å². The number of anilines is 1. The molecule has 0 aliphatic carbocycles. The number of hydrogen-bond acceptors (Lipinski definition) is 5. The van der Waals surface area contributed by atoms with Crippen LogP contribution in [0.5, 0.6) is 0 Å². The number of H-pyrrole nitrogens is 1. The average Bonchev–Trinajstić information content (AvgIpc) is 2.93. The van der Waals surface area contributed by atoms with Crippen molar-refractivity contribution in [2.24, 2.45) is 5.92 Å². The lowest BCUT2D eigenvalue weighted by Crippen LogP contribution is -2.34. The first-order valence-electron chi connectivity index (χ1n) is 9.03.